The van der Waals surface area contributed by atoms with Crippen molar-refractivity contribution in [3.8, 4) is 0 Å². The second kappa shape index (κ2) is 6.56. The van der Waals surface area contributed by atoms with Crippen molar-refractivity contribution in [2.45, 2.75) is 0 Å². The second-order valence-corrected chi connectivity index (χ2v) is 1.51. The van der Waals surface area contributed by atoms with Gasteiger partial charge in [0, 0.05) is 52.3 Å². The Hall–Kier alpha value is 0.852. The Morgan fingerprint density at radius 3 is 1.30 bits per heavy atom. The molecule has 0 aromatic rings. The molecule has 0 aliphatic rings. The quantitative estimate of drug-likeness (QED) is 0.445. The van der Waals surface area contributed by atoms with Crippen LogP contribution in [-0.4, -0.2) is 33.1 Å². The zero-order valence-corrected chi connectivity index (χ0v) is 11.1. The third-order valence-electron chi connectivity index (χ3n) is 1.27. The molecule has 0 atom stereocenters. The summed E-state index contributed by atoms with van der Waals surface area (Å²) in [5, 5.41) is 0. The first-order chi connectivity index (χ1) is 4.24. The van der Waals surface area contributed by atoms with Crippen molar-refractivity contribution in [3.05, 3.63) is 5.43 Å². The second-order valence-electron chi connectivity index (χ2n) is 1.51. The molecule has 0 saturated heterocycles. The van der Waals surface area contributed by atoms with E-state index in [-0.39, 0.29) is 36.0 Å². The smallest absolute Gasteiger partial charge is 0.0366 e. The predicted molar refractivity (Wildman–Crippen MR) is 36.7 cm³/mol. The molecular weight excluding hydrogens is 356 g/mol. The molecule has 0 radical (unpaired) electrons. The Labute approximate surface area is 85.8 Å². The van der Waals surface area contributed by atoms with Crippen LogP contribution in [0.2, 0.25) is 0 Å². The van der Waals surface area contributed by atoms with Crippen LogP contribution in [0, 0.1) is 31.1 Å². The first-order valence-corrected chi connectivity index (χ1v) is 2.82. The summed E-state index contributed by atoms with van der Waals surface area (Å²) < 4.78 is 0. The van der Waals surface area contributed by atoms with Gasteiger partial charge in [-0.2, -0.15) is 4.92 Å². The van der Waals surface area contributed by atoms with E-state index in [1.807, 2.05) is 0 Å². The van der Waals surface area contributed by atoms with Gasteiger partial charge in [-0.25, -0.2) is 0 Å². The molecule has 0 aliphatic heterocycles. The van der Waals surface area contributed by atoms with Crippen LogP contribution >= 0.6 is 0 Å². The van der Waals surface area contributed by atoms with E-state index in [1.54, 1.807) is 28.2 Å². The average molecular weight is 371 g/mol. The predicted octanol–water partition coefficient (Wildman–Crippen LogP) is -0.875. The van der Waals surface area contributed by atoms with Crippen LogP contribution in [0.1, 0.15) is 0 Å². The molecule has 0 amide bonds. The summed E-state index contributed by atoms with van der Waals surface area (Å²) in [6.45, 7) is 0. The molecule has 5 nitrogen and oxygen atoms in total. The van der Waals surface area contributed by atoms with Crippen LogP contribution < -0.4 is 16.3 Å². The maximum absolute atomic E-state index is 3.98. The third-order valence-corrected chi connectivity index (χ3v) is 1.27. The molecule has 3 N–H and O–H groups in total. The molecular formula is C4H15N5U. The number of nitrogens with zero attached hydrogens (tertiary/aromatic N) is 2. The van der Waals surface area contributed by atoms with Gasteiger partial charge in [0.05, 0.1) is 0 Å². The van der Waals surface area contributed by atoms with Crippen molar-refractivity contribution in [3.63, 3.8) is 0 Å². The Kier molecular flexibility index (Phi) is 8.81. The van der Waals surface area contributed by atoms with E-state index >= 15 is 0 Å². The molecule has 0 rings (SSSR count). The summed E-state index contributed by atoms with van der Waals surface area (Å²) >= 11 is 0. The Morgan fingerprint density at radius 2 is 1.30 bits per heavy atom. The minimum Gasteiger partial charge on any atom is -0.392 e. The number of rotatable bonds is 4. The van der Waals surface area contributed by atoms with E-state index in [0.717, 1.165) is 0 Å². The Morgan fingerprint density at radius 1 is 1.00 bits per heavy atom. The minimum absolute atomic E-state index is 0. The summed E-state index contributed by atoms with van der Waals surface area (Å²) in [4.78, 5) is 0.153. The van der Waals surface area contributed by atoms with Crippen LogP contribution in [0.15, 0.2) is 0 Å². The Bertz CT molecular complexity index is 56.5. The molecule has 0 bridgehead atoms. The fraction of sp³-hybridized carbons (Fsp3) is 1.00. The summed E-state index contributed by atoms with van der Waals surface area (Å²) in [5.41, 5.74) is 12.7. The average Bonchev–Trinajstić information content (AvgIpc) is 1.95. The zero-order chi connectivity index (χ0) is 7.33. The van der Waals surface area contributed by atoms with Crippen LogP contribution in [0.5, 0.6) is 0 Å². The van der Waals surface area contributed by atoms with E-state index in [4.69, 9.17) is 0 Å². The van der Waals surface area contributed by atoms with E-state index in [9.17, 15) is 0 Å². The van der Waals surface area contributed by atoms with Crippen molar-refractivity contribution in [1.29, 1.82) is 0 Å². The van der Waals surface area contributed by atoms with E-state index in [0.29, 0.717) is 0 Å². The van der Waals surface area contributed by atoms with Gasteiger partial charge in [-0.1, -0.05) is 0 Å². The van der Waals surface area contributed by atoms with Gasteiger partial charge >= 0.3 is 0 Å². The zero-order valence-electron chi connectivity index (χ0n) is 6.89. The van der Waals surface area contributed by atoms with Crippen molar-refractivity contribution in [2.75, 3.05) is 28.2 Å². The fourth-order valence-electron chi connectivity index (χ4n) is 0.635. The summed E-state index contributed by atoms with van der Waals surface area (Å²) in [5.74, 6) is 0. The summed E-state index contributed by atoms with van der Waals surface area (Å²) in [7, 11) is 7.13. The van der Waals surface area contributed by atoms with Crippen molar-refractivity contribution in [2.24, 2.45) is 0 Å². The van der Waals surface area contributed by atoms with Gasteiger partial charge in [0.1, 0.15) is 0 Å². The van der Waals surface area contributed by atoms with Gasteiger partial charge < -0.3 is 5.43 Å². The fourth-order valence-corrected chi connectivity index (χ4v) is 0.635. The van der Waals surface area contributed by atoms with Crippen molar-refractivity contribution >= 4 is 0 Å². The van der Waals surface area contributed by atoms with E-state index in [1.165, 1.54) is 0 Å². The monoisotopic (exact) mass is 371 g/mol. The first kappa shape index (κ1) is 13.4. The molecule has 0 unspecified atom stereocenters. The molecule has 60 valence electrons. The maximum Gasteiger partial charge on any atom is 0.0366 e. The molecule has 0 aromatic heterocycles. The van der Waals surface area contributed by atoms with E-state index < -0.39 is 0 Å². The SMILES string of the molecule is C[N-][N+](NC)(NC)NC.[U]. The summed E-state index contributed by atoms with van der Waals surface area (Å²) in [6.07, 6.45) is 0. The van der Waals surface area contributed by atoms with Crippen LogP contribution in [0.4, 0.5) is 0 Å². The van der Waals surface area contributed by atoms with Gasteiger partial charge in [0.25, 0.3) is 0 Å². The normalized spacial score (nSPS) is 10.8. The third kappa shape index (κ3) is 3.30. The standard InChI is InChI=1S/C4H15N5.U/c1-5-9(6-2,7-3)8-4;/h5-7H,1-4H3;. The first-order valence-electron chi connectivity index (χ1n) is 2.82. The van der Waals surface area contributed by atoms with Crippen LogP contribution in [-0.2, 0) is 0 Å². The number of quaternary nitrogens is 1. The molecule has 0 aromatic carbocycles. The summed E-state index contributed by atoms with van der Waals surface area (Å²) in [6, 6.07) is 0. The number of hydrogen-bond donors (Lipinski definition) is 3. The maximum atomic E-state index is 3.98. The topological polar surface area (TPSA) is 50.2 Å². The van der Waals surface area contributed by atoms with Crippen LogP contribution in [0.25, 0.3) is 5.43 Å². The molecule has 0 spiro atoms. The van der Waals surface area contributed by atoms with Gasteiger partial charge in [-0.15, -0.1) is 23.3 Å². The van der Waals surface area contributed by atoms with Gasteiger partial charge in [-0.05, 0) is 0 Å². The van der Waals surface area contributed by atoms with Gasteiger partial charge in [0.2, 0.25) is 0 Å². The van der Waals surface area contributed by atoms with Crippen LogP contribution in [0.3, 0.4) is 0 Å². The molecule has 0 fully saturated rings. The van der Waals surface area contributed by atoms with Gasteiger partial charge in [0.15, 0.2) is 0 Å². The van der Waals surface area contributed by atoms with E-state index in [2.05, 4.69) is 21.7 Å². The molecule has 0 aliphatic carbocycles. The van der Waals surface area contributed by atoms with Crippen molar-refractivity contribution < 1.29 is 36.0 Å². The minimum atomic E-state index is 0. The largest absolute Gasteiger partial charge is 0.392 e. The molecule has 6 heteroatoms. The Balaban J connectivity index is 0. The van der Waals surface area contributed by atoms with Crippen molar-refractivity contribution in [1.82, 2.24) is 16.3 Å². The number of nitrogens with one attached hydrogen (secondary N) is 3. The number of hydrogen-bond acceptors (Lipinski definition) is 3. The van der Waals surface area contributed by atoms with Gasteiger partial charge in [-0.3, -0.25) is 0 Å². The molecule has 0 heterocycles. The molecule has 0 saturated carbocycles. The molecule has 10 heavy (non-hydrogen) atoms.